The molecule has 0 saturated carbocycles. The maximum atomic E-state index is 13.5. The van der Waals surface area contributed by atoms with Crippen LogP contribution < -0.4 is 10.1 Å². The third-order valence-electron chi connectivity index (χ3n) is 3.53. The van der Waals surface area contributed by atoms with E-state index in [4.69, 9.17) is 25.4 Å². The molecular formula is C18H23ClNO4P. The number of para-hydroxylation sites is 2. The Hall–Kier alpha value is -1.52. The first-order chi connectivity index (χ1) is 12.1. The van der Waals surface area contributed by atoms with Crippen LogP contribution in [0.2, 0.25) is 5.02 Å². The number of hydrogen-bond acceptors (Lipinski definition) is 5. The fourth-order valence-electron chi connectivity index (χ4n) is 2.49. The predicted octanol–water partition coefficient (Wildman–Crippen LogP) is 5.73. The van der Waals surface area contributed by atoms with E-state index < -0.39 is 13.4 Å². The van der Waals surface area contributed by atoms with E-state index >= 15 is 0 Å². The number of hydrogen-bond donors (Lipinski definition) is 1. The van der Waals surface area contributed by atoms with Crippen LogP contribution in [0.3, 0.4) is 0 Å². The predicted molar refractivity (Wildman–Crippen MR) is 102 cm³/mol. The summed E-state index contributed by atoms with van der Waals surface area (Å²) in [4.78, 5) is 0. The minimum Gasteiger partial charge on any atom is -0.496 e. The van der Waals surface area contributed by atoms with Gasteiger partial charge in [-0.25, -0.2) is 0 Å². The van der Waals surface area contributed by atoms with Crippen molar-refractivity contribution in [2.45, 2.75) is 19.6 Å². The number of methoxy groups -OCH3 is 1. The Morgan fingerprint density at radius 3 is 2.24 bits per heavy atom. The average Bonchev–Trinajstić information content (AvgIpc) is 2.61. The molecule has 0 saturated heterocycles. The van der Waals surface area contributed by atoms with Gasteiger partial charge in [-0.2, -0.15) is 0 Å². The molecule has 0 spiro atoms. The first kappa shape index (κ1) is 19.8. The Labute approximate surface area is 153 Å². The SMILES string of the molecule is CCOP(=O)(OCC)C(Nc1ccccc1Cl)c1ccccc1OC. The van der Waals surface area contributed by atoms with Crippen molar-refractivity contribution >= 4 is 24.9 Å². The Morgan fingerprint density at radius 1 is 1.04 bits per heavy atom. The zero-order valence-corrected chi connectivity index (χ0v) is 16.2. The summed E-state index contributed by atoms with van der Waals surface area (Å²) in [5.41, 5.74) is 1.31. The van der Waals surface area contributed by atoms with Crippen LogP contribution in [-0.4, -0.2) is 20.3 Å². The van der Waals surface area contributed by atoms with Gasteiger partial charge in [0.2, 0.25) is 0 Å². The highest BCUT2D eigenvalue weighted by Gasteiger charge is 2.39. The fourth-order valence-corrected chi connectivity index (χ4v) is 4.63. The van der Waals surface area contributed by atoms with E-state index in [1.807, 2.05) is 36.4 Å². The van der Waals surface area contributed by atoms with Crippen molar-refractivity contribution in [3.8, 4) is 5.75 Å². The summed E-state index contributed by atoms with van der Waals surface area (Å²) in [6.07, 6.45) is 0. The highest BCUT2D eigenvalue weighted by Crippen LogP contribution is 2.62. The fraction of sp³-hybridized carbons (Fsp3) is 0.333. The third-order valence-corrected chi connectivity index (χ3v) is 6.14. The lowest BCUT2D eigenvalue weighted by Crippen LogP contribution is -2.16. The zero-order valence-electron chi connectivity index (χ0n) is 14.6. The van der Waals surface area contributed by atoms with Crippen molar-refractivity contribution in [3.05, 3.63) is 59.1 Å². The first-order valence-electron chi connectivity index (χ1n) is 8.08. The van der Waals surface area contributed by atoms with Gasteiger partial charge in [0.1, 0.15) is 5.75 Å². The summed E-state index contributed by atoms with van der Waals surface area (Å²) in [6, 6.07) is 14.6. The van der Waals surface area contributed by atoms with Crippen LogP contribution in [0.1, 0.15) is 25.2 Å². The van der Waals surface area contributed by atoms with Gasteiger partial charge in [0.25, 0.3) is 0 Å². The maximum Gasteiger partial charge on any atom is 0.357 e. The minimum atomic E-state index is -3.53. The monoisotopic (exact) mass is 383 g/mol. The van der Waals surface area contributed by atoms with Crippen molar-refractivity contribution in [2.24, 2.45) is 0 Å². The van der Waals surface area contributed by atoms with Crippen molar-refractivity contribution in [2.75, 3.05) is 25.6 Å². The lowest BCUT2D eigenvalue weighted by atomic mass is 10.2. The van der Waals surface area contributed by atoms with E-state index in [2.05, 4.69) is 5.32 Å². The van der Waals surface area contributed by atoms with Crippen LogP contribution in [0.15, 0.2) is 48.5 Å². The van der Waals surface area contributed by atoms with Crippen molar-refractivity contribution in [1.29, 1.82) is 0 Å². The quantitative estimate of drug-likeness (QED) is 0.561. The number of ether oxygens (including phenoxy) is 1. The van der Waals surface area contributed by atoms with E-state index in [9.17, 15) is 4.57 Å². The Balaban J connectivity index is 2.54. The molecule has 0 fully saturated rings. The molecule has 0 aromatic heterocycles. The van der Waals surface area contributed by atoms with Gasteiger partial charge in [0.05, 0.1) is 31.0 Å². The molecule has 1 atom stereocenters. The molecular weight excluding hydrogens is 361 g/mol. The molecule has 0 bridgehead atoms. The van der Waals surface area contributed by atoms with E-state index in [1.54, 1.807) is 33.1 Å². The Morgan fingerprint density at radius 2 is 1.64 bits per heavy atom. The summed E-state index contributed by atoms with van der Waals surface area (Å²) >= 11 is 6.27. The standard InChI is InChI=1S/C18H23ClNO4P/c1-4-23-25(21,24-5-2)18(14-10-6-9-13-17(14)22-3)20-16-12-8-7-11-15(16)19/h6-13,18,20H,4-5H2,1-3H3. The minimum absolute atomic E-state index is 0.257. The molecule has 5 nitrogen and oxygen atoms in total. The van der Waals surface area contributed by atoms with Crippen molar-refractivity contribution in [3.63, 3.8) is 0 Å². The van der Waals surface area contributed by atoms with Crippen LogP contribution in [0.4, 0.5) is 5.69 Å². The highest BCUT2D eigenvalue weighted by molar-refractivity contribution is 7.54. The van der Waals surface area contributed by atoms with E-state index in [0.717, 1.165) is 0 Å². The van der Waals surface area contributed by atoms with Crippen molar-refractivity contribution in [1.82, 2.24) is 0 Å². The lowest BCUT2D eigenvalue weighted by molar-refractivity contribution is 0.213. The molecule has 2 rings (SSSR count). The molecule has 0 aliphatic rings. The van der Waals surface area contributed by atoms with Crippen LogP contribution in [0.25, 0.3) is 0 Å². The second-order valence-corrected chi connectivity index (χ2v) is 7.66. The van der Waals surface area contributed by atoms with E-state index in [1.165, 1.54) is 0 Å². The summed E-state index contributed by atoms with van der Waals surface area (Å²) in [5.74, 6) is -0.171. The van der Waals surface area contributed by atoms with Crippen LogP contribution in [0.5, 0.6) is 5.75 Å². The summed E-state index contributed by atoms with van der Waals surface area (Å²) in [7, 11) is -1.96. The summed E-state index contributed by atoms with van der Waals surface area (Å²) in [6.45, 7) is 4.07. The smallest absolute Gasteiger partial charge is 0.357 e. The van der Waals surface area contributed by atoms with E-state index in [0.29, 0.717) is 22.0 Å². The molecule has 2 aromatic carbocycles. The molecule has 0 heterocycles. The second-order valence-electron chi connectivity index (χ2n) is 5.14. The van der Waals surface area contributed by atoms with Gasteiger partial charge in [0.15, 0.2) is 5.78 Å². The van der Waals surface area contributed by atoms with Crippen molar-refractivity contribution < 1.29 is 18.3 Å². The molecule has 1 unspecified atom stereocenters. The lowest BCUT2D eigenvalue weighted by Gasteiger charge is -2.29. The number of benzene rings is 2. The molecule has 25 heavy (non-hydrogen) atoms. The molecule has 0 amide bonds. The first-order valence-corrected chi connectivity index (χ1v) is 10.1. The highest BCUT2D eigenvalue weighted by atomic mass is 35.5. The maximum absolute atomic E-state index is 13.5. The van der Waals surface area contributed by atoms with Gasteiger partial charge in [-0.3, -0.25) is 4.57 Å². The van der Waals surface area contributed by atoms with E-state index in [-0.39, 0.29) is 13.2 Å². The van der Waals surface area contributed by atoms with Gasteiger partial charge in [-0.1, -0.05) is 41.9 Å². The Kier molecular flexibility index (Phi) is 7.33. The molecule has 0 radical (unpaired) electrons. The number of rotatable bonds is 9. The summed E-state index contributed by atoms with van der Waals surface area (Å²) < 4.78 is 30.1. The van der Waals surface area contributed by atoms with Crippen LogP contribution in [-0.2, 0) is 13.6 Å². The van der Waals surface area contributed by atoms with Gasteiger partial charge in [-0.05, 0) is 32.0 Å². The molecule has 2 aromatic rings. The molecule has 7 heteroatoms. The number of halogens is 1. The topological polar surface area (TPSA) is 56.8 Å². The molecule has 0 aliphatic heterocycles. The van der Waals surface area contributed by atoms with Crippen LogP contribution >= 0.6 is 19.2 Å². The normalized spacial score (nSPS) is 12.6. The van der Waals surface area contributed by atoms with Gasteiger partial charge in [0, 0.05) is 5.56 Å². The largest absolute Gasteiger partial charge is 0.496 e. The summed E-state index contributed by atoms with van der Waals surface area (Å²) in [5, 5.41) is 3.74. The second kappa shape index (κ2) is 9.25. The van der Waals surface area contributed by atoms with Gasteiger partial charge >= 0.3 is 7.60 Å². The van der Waals surface area contributed by atoms with Crippen LogP contribution in [0, 0.1) is 0 Å². The average molecular weight is 384 g/mol. The molecule has 1 N–H and O–H groups in total. The number of anilines is 1. The van der Waals surface area contributed by atoms with Gasteiger partial charge < -0.3 is 19.1 Å². The Bertz CT molecular complexity index is 731. The zero-order chi connectivity index (χ0) is 18.3. The molecule has 136 valence electrons. The van der Waals surface area contributed by atoms with Gasteiger partial charge in [-0.15, -0.1) is 0 Å². The number of nitrogens with one attached hydrogen (secondary N) is 1. The third kappa shape index (κ3) is 4.77. The molecule has 0 aliphatic carbocycles.